The fraction of sp³-hybridized carbons (Fsp3) is 0.333. The van der Waals surface area contributed by atoms with Gasteiger partial charge in [-0.05, 0) is 24.6 Å². The minimum atomic E-state index is 0.887. The molecule has 2 aromatic heterocycles. The van der Waals surface area contributed by atoms with Gasteiger partial charge in [0.25, 0.3) is 0 Å². The van der Waals surface area contributed by atoms with E-state index in [1.165, 1.54) is 19.3 Å². The monoisotopic (exact) mass is 254 g/mol. The number of aryl methyl sites for hydroxylation is 1. The highest BCUT2D eigenvalue weighted by atomic mass is 14.9. The first-order valence-electron chi connectivity index (χ1n) is 6.85. The lowest BCUT2D eigenvalue weighted by molar-refractivity contribution is 0.700. The van der Waals surface area contributed by atoms with Crippen LogP contribution < -0.4 is 0 Å². The SMILES string of the molecule is CCCCCc1nc2cc(-c3ncc[nH]3)ccc2[nH]1. The van der Waals surface area contributed by atoms with Crippen molar-refractivity contribution in [2.75, 3.05) is 0 Å². The smallest absolute Gasteiger partial charge is 0.137 e. The summed E-state index contributed by atoms with van der Waals surface area (Å²) < 4.78 is 0. The molecule has 98 valence electrons. The number of hydrogen-bond acceptors (Lipinski definition) is 2. The van der Waals surface area contributed by atoms with Crippen LogP contribution in [0.3, 0.4) is 0 Å². The number of aromatic nitrogens is 4. The zero-order valence-electron chi connectivity index (χ0n) is 11.1. The summed E-state index contributed by atoms with van der Waals surface area (Å²) in [6.45, 7) is 2.22. The molecule has 0 aliphatic rings. The molecule has 4 nitrogen and oxygen atoms in total. The van der Waals surface area contributed by atoms with Gasteiger partial charge in [0.05, 0.1) is 11.0 Å². The van der Waals surface area contributed by atoms with Crippen molar-refractivity contribution in [3.63, 3.8) is 0 Å². The number of nitrogens with zero attached hydrogens (tertiary/aromatic N) is 2. The van der Waals surface area contributed by atoms with E-state index in [1.807, 2.05) is 6.20 Å². The highest BCUT2D eigenvalue weighted by Gasteiger charge is 2.06. The van der Waals surface area contributed by atoms with Crippen LogP contribution in [0, 0.1) is 0 Å². The third-order valence-corrected chi connectivity index (χ3v) is 3.32. The number of nitrogens with one attached hydrogen (secondary N) is 2. The topological polar surface area (TPSA) is 57.4 Å². The number of hydrogen-bond donors (Lipinski definition) is 2. The summed E-state index contributed by atoms with van der Waals surface area (Å²) in [7, 11) is 0. The molecule has 1 aromatic carbocycles. The quantitative estimate of drug-likeness (QED) is 0.682. The van der Waals surface area contributed by atoms with Crippen LogP contribution in [0.25, 0.3) is 22.4 Å². The molecule has 0 amide bonds. The Morgan fingerprint density at radius 2 is 2.16 bits per heavy atom. The lowest BCUT2D eigenvalue weighted by atomic mass is 10.2. The molecule has 3 aromatic rings. The number of fused-ring (bicyclic) bond motifs is 1. The maximum atomic E-state index is 4.66. The second-order valence-electron chi connectivity index (χ2n) is 4.81. The van der Waals surface area contributed by atoms with E-state index in [9.17, 15) is 0 Å². The molecule has 0 atom stereocenters. The van der Waals surface area contributed by atoms with Gasteiger partial charge >= 0.3 is 0 Å². The zero-order chi connectivity index (χ0) is 13.1. The molecular formula is C15H18N4. The van der Waals surface area contributed by atoms with E-state index in [2.05, 4.69) is 45.1 Å². The van der Waals surface area contributed by atoms with Gasteiger partial charge in [0.1, 0.15) is 11.6 Å². The van der Waals surface area contributed by atoms with Crippen LogP contribution in [0.4, 0.5) is 0 Å². The molecule has 0 saturated carbocycles. The van der Waals surface area contributed by atoms with Gasteiger partial charge in [-0.25, -0.2) is 9.97 Å². The van der Waals surface area contributed by atoms with Gasteiger partial charge in [-0.1, -0.05) is 19.8 Å². The van der Waals surface area contributed by atoms with Crippen molar-refractivity contribution in [2.24, 2.45) is 0 Å². The molecule has 0 radical (unpaired) electrons. The maximum Gasteiger partial charge on any atom is 0.137 e. The summed E-state index contributed by atoms with van der Waals surface area (Å²) in [5, 5.41) is 0. The molecule has 0 saturated heterocycles. The molecule has 0 spiro atoms. The second-order valence-corrected chi connectivity index (χ2v) is 4.81. The van der Waals surface area contributed by atoms with E-state index in [4.69, 9.17) is 0 Å². The van der Waals surface area contributed by atoms with Crippen LogP contribution in [-0.4, -0.2) is 19.9 Å². The fourth-order valence-corrected chi connectivity index (χ4v) is 2.29. The van der Waals surface area contributed by atoms with Crippen molar-refractivity contribution in [1.82, 2.24) is 19.9 Å². The zero-order valence-corrected chi connectivity index (χ0v) is 11.1. The summed E-state index contributed by atoms with van der Waals surface area (Å²) in [6.07, 6.45) is 8.32. The molecule has 0 aliphatic carbocycles. The van der Waals surface area contributed by atoms with Crippen molar-refractivity contribution in [3.8, 4) is 11.4 Å². The van der Waals surface area contributed by atoms with Gasteiger partial charge in [0, 0.05) is 24.4 Å². The second kappa shape index (κ2) is 5.26. The summed E-state index contributed by atoms with van der Waals surface area (Å²) in [6, 6.07) is 6.21. The summed E-state index contributed by atoms with van der Waals surface area (Å²) in [5.74, 6) is 1.97. The van der Waals surface area contributed by atoms with E-state index in [-0.39, 0.29) is 0 Å². The largest absolute Gasteiger partial charge is 0.345 e. The molecule has 0 unspecified atom stereocenters. The van der Waals surface area contributed by atoms with Crippen molar-refractivity contribution < 1.29 is 0 Å². The third-order valence-electron chi connectivity index (χ3n) is 3.32. The van der Waals surface area contributed by atoms with Crippen LogP contribution in [0.5, 0.6) is 0 Å². The first kappa shape index (κ1) is 12.0. The van der Waals surface area contributed by atoms with Crippen LogP contribution in [0.2, 0.25) is 0 Å². The molecule has 2 heterocycles. The Morgan fingerprint density at radius 3 is 2.95 bits per heavy atom. The standard InChI is InChI=1S/C15H18N4/c1-2-3-4-5-14-18-12-7-6-11(10-13(12)19-14)15-16-8-9-17-15/h6-10H,2-5H2,1H3,(H,16,17)(H,18,19). The average molecular weight is 254 g/mol. The molecule has 3 rings (SSSR count). The maximum absolute atomic E-state index is 4.66. The molecular weight excluding hydrogens is 236 g/mol. The lowest BCUT2D eigenvalue weighted by Gasteiger charge is -1.95. The van der Waals surface area contributed by atoms with Crippen LogP contribution >= 0.6 is 0 Å². The van der Waals surface area contributed by atoms with E-state index in [0.29, 0.717) is 0 Å². The van der Waals surface area contributed by atoms with E-state index in [0.717, 1.165) is 34.7 Å². The Balaban J connectivity index is 1.87. The number of unbranched alkanes of at least 4 members (excludes halogenated alkanes) is 2. The Hall–Kier alpha value is -2.10. The molecule has 0 bridgehead atoms. The van der Waals surface area contributed by atoms with Crippen molar-refractivity contribution in [1.29, 1.82) is 0 Å². The van der Waals surface area contributed by atoms with E-state index >= 15 is 0 Å². The Bertz CT molecular complexity index is 652. The number of benzene rings is 1. The van der Waals surface area contributed by atoms with Gasteiger partial charge in [-0.3, -0.25) is 0 Å². The Kier molecular flexibility index (Phi) is 3.31. The minimum Gasteiger partial charge on any atom is -0.345 e. The van der Waals surface area contributed by atoms with E-state index in [1.54, 1.807) is 6.20 Å². The fourth-order valence-electron chi connectivity index (χ4n) is 2.29. The van der Waals surface area contributed by atoms with Gasteiger partial charge in [-0.2, -0.15) is 0 Å². The van der Waals surface area contributed by atoms with Gasteiger partial charge < -0.3 is 9.97 Å². The highest BCUT2D eigenvalue weighted by Crippen LogP contribution is 2.20. The summed E-state index contributed by atoms with van der Waals surface area (Å²) >= 11 is 0. The van der Waals surface area contributed by atoms with Crippen molar-refractivity contribution in [3.05, 3.63) is 36.4 Å². The number of imidazole rings is 2. The average Bonchev–Trinajstić information content (AvgIpc) is 3.07. The third kappa shape index (κ3) is 2.52. The molecule has 4 heteroatoms. The number of H-pyrrole nitrogens is 2. The van der Waals surface area contributed by atoms with Crippen molar-refractivity contribution >= 4 is 11.0 Å². The molecule has 2 N–H and O–H groups in total. The van der Waals surface area contributed by atoms with Gasteiger partial charge in [0.2, 0.25) is 0 Å². The molecule has 19 heavy (non-hydrogen) atoms. The van der Waals surface area contributed by atoms with Crippen LogP contribution in [0.1, 0.15) is 32.0 Å². The first-order valence-corrected chi connectivity index (χ1v) is 6.85. The predicted molar refractivity (Wildman–Crippen MR) is 76.9 cm³/mol. The van der Waals surface area contributed by atoms with Crippen molar-refractivity contribution in [2.45, 2.75) is 32.6 Å². The predicted octanol–water partition coefficient (Wildman–Crippen LogP) is 3.69. The number of rotatable bonds is 5. The van der Waals surface area contributed by atoms with E-state index < -0.39 is 0 Å². The molecule has 0 aliphatic heterocycles. The molecule has 0 fully saturated rings. The minimum absolute atomic E-state index is 0.887. The Morgan fingerprint density at radius 1 is 1.21 bits per heavy atom. The van der Waals surface area contributed by atoms with Crippen LogP contribution in [-0.2, 0) is 6.42 Å². The van der Waals surface area contributed by atoms with Gasteiger partial charge in [0.15, 0.2) is 0 Å². The van der Waals surface area contributed by atoms with Gasteiger partial charge in [-0.15, -0.1) is 0 Å². The summed E-state index contributed by atoms with van der Waals surface area (Å²) in [5.41, 5.74) is 3.19. The normalized spacial score (nSPS) is 11.2. The first-order chi connectivity index (χ1) is 9.36. The highest BCUT2D eigenvalue weighted by molar-refractivity contribution is 5.80. The number of aromatic amines is 2. The van der Waals surface area contributed by atoms with Crippen LogP contribution in [0.15, 0.2) is 30.6 Å². The lowest BCUT2D eigenvalue weighted by Crippen LogP contribution is -1.87. The Labute approximate surface area is 112 Å². The summed E-state index contributed by atoms with van der Waals surface area (Å²) in [4.78, 5) is 15.4.